The van der Waals surface area contributed by atoms with Crippen LogP contribution in [0.15, 0.2) is 55.0 Å². The van der Waals surface area contributed by atoms with E-state index >= 15 is 0 Å². The van der Waals surface area contributed by atoms with Crippen molar-refractivity contribution in [3.8, 4) is 0 Å². The van der Waals surface area contributed by atoms with E-state index in [1.54, 1.807) is 18.2 Å². The molecule has 0 radical (unpaired) electrons. The number of anilines is 1. The fraction of sp³-hybridized carbons (Fsp3) is 0.368. The van der Waals surface area contributed by atoms with Gasteiger partial charge in [0.05, 0.1) is 11.6 Å². The number of nitrogens with one attached hydrogen (secondary N) is 2. The monoisotopic (exact) mass is 366 g/mol. The quantitative estimate of drug-likeness (QED) is 0.638. The minimum Gasteiger partial charge on any atom is -0.388 e. The van der Waals surface area contributed by atoms with E-state index in [0.717, 1.165) is 12.1 Å². The Bertz CT molecular complexity index is 648. The Kier molecular flexibility index (Phi) is 7.34. The van der Waals surface area contributed by atoms with Gasteiger partial charge in [0.2, 0.25) is 0 Å². The highest BCUT2D eigenvalue weighted by atomic mass is 35.5. The lowest BCUT2D eigenvalue weighted by molar-refractivity contribution is -0.310. The van der Waals surface area contributed by atoms with Crippen LogP contribution in [0.1, 0.15) is 26.7 Å². The second kappa shape index (κ2) is 9.49. The molecular formula is C19H24ClFN2O2. The Morgan fingerprint density at radius 3 is 2.96 bits per heavy atom. The minimum atomic E-state index is -0.641. The normalized spacial score (nSPS) is 21.0. The highest BCUT2D eigenvalue weighted by Crippen LogP contribution is 2.25. The molecule has 1 aromatic carbocycles. The first kappa shape index (κ1) is 19.3. The molecule has 2 unspecified atom stereocenters. The van der Waals surface area contributed by atoms with E-state index in [4.69, 9.17) is 21.4 Å². The summed E-state index contributed by atoms with van der Waals surface area (Å²) in [5.41, 5.74) is 0.113. The average Bonchev–Trinajstić information content (AvgIpc) is 2.81. The van der Waals surface area contributed by atoms with Crippen molar-refractivity contribution < 1.29 is 14.2 Å². The van der Waals surface area contributed by atoms with Gasteiger partial charge in [0.15, 0.2) is 5.60 Å². The van der Waals surface area contributed by atoms with E-state index in [-0.39, 0.29) is 11.1 Å². The van der Waals surface area contributed by atoms with Crippen LogP contribution in [0.3, 0.4) is 0 Å². The summed E-state index contributed by atoms with van der Waals surface area (Å²) in [5, 5.41) is 6.66. The van der Waals surface area contributed by atoms with Gasteiger partial charge in [-0.15, -0.1) is 0 Å². The molecule has 25 heavy (non-hydrogen) atoms. The molecule has 0 aliphatic carbocycles. The van der Waals surface area contributed by atoms with Crippen LogP contribution in [-0.4, -0.2) is 18.2 Å². The van der Waals surface area contributed by atoms with E-state index in [2.05, 4.69) is 17.6 Å². The maximum Gasteiger partial charge on any atom is 0.152 e. The first-order chi connectivity index (χ1) is 12.0. The zero-order chi connectivity index (χ0) is 18.1. The lowest BCUT2D eigenvalue weighted by Crippen LogP contribution is -2.43. The van der Waals surface area contributed by atoms with E-state index < -0.39 is 11.4 Å². The number of benzene rings is 1. The molecule has 6 heteroatoms. The predicted molar refractivity (Wildman–Crippen MR) is 99.7 cm³/mol. The molecule has 2 N–H and O–H groups in total. The lowest BCUT2D eigenvalue weighted by Gasteiger charge is -2.31. The maximum atomic E-state index is 13.3. The molecule has 0 aromatic heterocycles. The van der Waals surface area contributed by atoms with Crippen LogP contribution >= 0.6 is 11.6 Å². The van der Waals surface area contributed by atoms with Gasteiger partial charge < -0.3 is 15.5 Å². The Morgan fingerprint density at radius 2 is 2.20 bits per heavy atom. The van der Waals surface area contributed by atoms with Crippen LogP contribution in [0.2, 0.25) is 5.02 Å². The van der Waals surface area contributed by atoms with Crippen molar-refractivity contribution >= 4 is 17.3 Å². The minimum absolute atomic E-state index is 0.0323. The first-order valence-corrected chi connectivity index (χ1v) is 8.71. The van der Waals surface area contributed by atoms with Gasteiger partial charge in [-0.1, -0.05) is 30.7 Å². The second-order valence-corrected chi connectivity index (χ2v) is 6.41. The van der Waals surface area contributed by atoms with Crippen molar-refractivity contribution in [3.05, 3.63) is 65.8 Å². The summed E-state index contributed by atoms with van der Waals surface area (Å²) in [7, 11) is 0. The van der Waals surface area contributed by atoms with Gasteiger partial charge >= 0.3 is 0 Å². The molecule has 2 rings (SSSR count). The highest BCUT2D eigenvalue weighted by Gasteiger charge is 2.33. The summed E-state index contributed by atoms with van der Waals surface area (Å²) < 4.78 is 13.3. The van der Waals surface area contributed by atoms with Gasteiger partial charge in [0.1, 0.15) is 12.1 Å². The second-order valence-electron chi connectivity index (χ2n) is 6.00. The van der Waals surface area contributed by atoms with Gasteiger partial charge in [-0.3, -0.25) is 0 Å². The SMILES string of the molecule is CC/C=C\NCC1(CC(C)Nc2ccc(F)c(Cl)c2)C=CC=COO1. The van der Waals surface area contributed by atoms with Crippen LogP contribution in [-0.2, 0) is 9.78 Å². The molecule has 0 amide bonds. The highest BCUT2D eigenvalue weighted by molar-refractivity contribution is 6.31. The molecule has 0 fully saturated rings. The third-order valence-corrected chi connectivity index (χ3v) is 4.01. The van der Waals surface area contributed by atoms with Crippen molar-refractivity contribution in [2.45, 2.75) is 38.3 Å². The number of rotatable bonds is 8. The molecule has 1 aliphatic heterocycles. The summed E-state index contributed by atoms with van der Waals surface area (Å²) >= 11 is 5.84. The Balaban J connectivity index is 2.04. The van der Waals surface area contributed by atoms with E-state index in [9.17, 15) is 4.39 Å². The number of hydrogen-bond acceptors (Lipinski definition) is 4. The topological polar surface area (TPSA) is 42.5 Å². The number of hydrogen-bond donors (Lipinski definition) is 2. The van der Waals surface area contributed by atoms with Crippen LogP contribution in [0, 0.1) is 5.82 Å². The zero-order valence-electron chi connectivity index (χ0n) is 14.5. The van der Waals surface area contributed by atoms with E-state index in [1.807, 2.05) is 31.4 Å². The fourth-order valence-electron chi connectivity index (χ4n) is 2.59. The molecule has 1 heterocycles. The summed E-state index contributed by atoms with van der Waals surface area (Å²) in [5.74, 6) is -0.433. The standard InChI is InChI=1S/C19H24ClFN2O2/c1-3-4-10-22-14-19(9-5-6-11-24-25-19)13-15(2)23-16-7-8-18(21)17(20)12-16/h4-12,15,22-23H,3,13-14H2,1-2H3/b10-4-. The summed E-state index contributed by atoms with van der Waals surface area (Å²) in [6.45, 7) is 4.65. The third-order valence-electron chi connectivity index (χ3n) is 3.72. The fourth-order valence-corrected chi connectivity index (χ4v) is 2.78. The average molecular weight is 367 g/mol. The molecular weight excluding hydrogens is 343 g/mol. The zero-order valence-corrected chi connectivity index (χ0v) is 15.2. The molecule has 2 atom stereocenters. The Labute approximate surface area is 153 Å². The summed E-state index contributed by atoms with van der Waals surface area (Å²) in [6, 6.07) is 4.61. The molecule has 0 spiro atoms. The van der Waals surface area contributed by atoms with Gasteiger partial charge in [-0.2, -0.15) is 4.89 Å². The van der Waals surface area contributed by atoms with Crippen LogP contribution in [0.4, 0.5) is 10.1 Å². The van der Waals surface area contributed by atoms with Gasteiger partial charge in [0, 0.05) is 18.2 Å². The predicted octanol–water partition coefficient (Wildman–Crippen LogP) is 4.95. The summed E-state index contributed by atoms with van der Waals surface area (Å²) in [4.78, 5) is 10.8. The Hall–Kier alpha value is -1.98. The van der Waals surface area contributed by atoms with Crippen LogP contribution < -0.4 is 10.6 Å². The lowest BCUT2D eigenvalue weighted by atomic mass is 9.94. The van der Waals surface area contributed by atoms with Gasteiger partial charge in [-0.05, 0) is 49.9 Å². The van der Waals surface area contributed by atoms with Crippen molar-refractivity contribution in [2.75, 3.05) is 11.9 Å². The third kappa shape index (κ3) is 6.11. The van der Waals surface area contributed by atoms with Crippen molar-refractivity contribution in [1.29, 1.82) is 0 Å². The molecule has 0 saturated heterocycles. The smallest absolute Gasteiger partial charge is 0.152 e. The molecule has 1 aliphatic rings. The number of allylic oxidation sites excluding steroid dienone is 3. The van der Waals surface area contributed by atoms with Crippen LogP contribution in [0.5, 0.6) is 0 Å². The van der Waals surface area contributed by atoms with Crippen LogP contribution in [0.25, 0.3) is 0 Å². The van der Waals surface area contributed by atoms with Crippen molar-refractivity contribution in [3.63, 3.8) is 0 Å². The van der Waals surface area contributed by atoms with E-state index in [0.29, 0.717) is 13.0 Å². The molecule has 1 aromatic rings. The van der Waals surface area contributed by atoms with Gasteiger partial charge in [-0.25, -0.2) is 4.39 Å². The first-order valence-electron chi connectivity index (χ1n) is 8.33. The van der Waals surface area contributed by atoms with Crippen molar-refractivity contribution in [1.82, 2.24) is 5.32 Å². The van der Waals surface area contributed by atoms with Crippen molar-refractivity contribution in [2.24, 2.45) is 0 Å². The van der Waals surface area contributed by atoms with E-state index in [1.165, 1.54) is 12.3 Å². The largest absolute Gasteiger partial charge is 0.388 e. The van der Waals surface area contributed by atoms with Gasteiger partial charge in [0.25, 0.3) is 0 Å². The molecule has 4 nitrogen and oxygen atoms in total. The number of halogens is 2. The summed E-state index contributed by atoms with van der Waals surface area (Å²) in [6.07, 6.45) is 12.7. The maximum absolute atomic E-state index is 13.3. The molecule has 0 bridgehead atoms. The molecule has 136 valence electrons. The molecule has 0 saturated carbocycles. The Morgan fingerprint density at radius 1 is 1.36 bits per heavy atom.